The van der Waals surface area contributed by atoms with Crippen LogP contribution in [0.5, 0.6) is 0 Å². The maximum atomic E-state index is 4.95. The maximum absolute atomic E-state index is 4.95. The molecule has 0 saturated heterocycles. The number of aliphatic imine (C=N–C) groups is 1. The number of hydrogen-bond donors (Lipinski definition) is 1. The number of rotatable bonds is 5. The molecule has 3 nitrogen and oxygen atoms in total. The Morgan fingerprint density at radius 2 is 2.54 bits per heavy atom. The Bertz CT molecular complexity index is 173. The lowest BCUT2D eigenvalue weighted by molar-refractivity contribution is 0.204. The van der Waals surface area contributed by atoms with Gasteiger partial charge in [0.05, 0.1) is 13.2 Å². The molecule has 0 aromatic rings. The molecule has 1 heterocycles. The summed E-state index contributed by atoms with van der Waals surface area (Å²) in [6.07, 6.45) is 2.52. The van der Waals surface area contributed by atoms with Gasteiger partial charge < -0.3 is 10.1 Å². The first-order valence-corrected chi connectivity index (χ1v) is 5.68. The molecule has 0 radical (unpaired) electrons. The van der Waals surface area contributed by atoms with Gasteiger partial charge in [-0.05, 0) is 6.42 Å². The van der Waals surface area contributed by atoms with E-state index in [1.807, 2.05) is 11.8 Å². The van der Waals surface area contributed by atoms with Crippen molar-refractivity contribution in [2.24, 2.45) is 4.99 Å². The second-order valence-electron chi connectivity index (χ2n) is 3.09. The van der Waals surface area contributed by atoms with E-state index in [-0.39, 0.29) is 0 Å². The van der Waals surface area contributed by atoms with Crippen molar-refractivity contribution in [3.8, 4) is 0 Å². The number of hydrogen-bond acceptors (Lipinski definition) is 4. The van der Waals surface area contributed by atoms with Crippen molar-refractivity contribution < 1.29 is 4.74 Å². The summed E-state index contributed by atoms with van der Waals surface area (Å²) in [4.78, 5) is 4.42. The van der Waals surface area contributed by atoms with Crippen LogP contribution in [0.3, 0.4) is 0 Å². The molecule has 0 aliphatic carbocycles. The van der Waals surface area contributed by atoms with Crippen LogP contribution in [-0.2, 0) is 4.74 Å². The molecule has 1 N–H and O–H groups in total. The summed E-state index contributed by atoms with van der Waals surface area (Å²) >= 11 is 1.87. The van der Waals surface area contributed by atoms with E-state index in [0.717, 1.165) is 24.9 Å². The smallest absolute Gasteiger partial charge is 0.157 e. The molecule has 13 heavy (non-hydrogen) atoms. The van der Waals surface area contributed by atoms with E-state index < -0.39 is 0 Å². The summed E-state index contributed by atoms with van der Waals surface area (Å²) in [6.45, 7) is 4.81. The van der Waals surface area contributed by atoms with Crippen LogP contribution < -0.4 is 5.32 Å². The molecule has 1 unspecified atom stereocenters. The van der Waals surface area contributed by atoms with E-state index in [1.54, 1.807) is 7.11 Å². The van der Waals surface area contributed by atoms with Crippen molar-refractivity contribution in [2.45, 2.75) is 25.0 Å². The first kappa shape index (κ1) is 10.9. The van der Waals surface area contributed by atoms with Crippen LogP contribution in [-0.4, -0.2) is 37.2 Å². The highest BCUT2D eigenvalue weighted by Crippen LogP contribution is 2.23. The number of nitrogens with zero attached hydrogens (tertiary/aromatic N) is 1. The fourth-order valence-electron chi connectivity index (χ4n) is 1.25. The lowest BCUT2D eigenvalue weighted by Crippen LogP contribution is -2.23. The van der Waals surface area contributed by atoms with Crippen molar-refractivity contribution in [1.82, 2.24) is 5.32 Å². The Labute approximate surface area is 84.3 Å². The maximum Gasteiger partial charge on any atom is 0.157 e. The van der Waals surface area contributed by atoms with Gasteiger partial charge in [0.25, 0.3) is 0 Å². The number of thioether (sulfide) groups is 1. The van der Waals surface area contributed by atoms with Gasteiger partial charge in [-0.1, -0.05) is 25.1 Å². The summed E-state index contributed by atoms with van der Waals surface area (Å²) in [5, 5.41) is 5.06. The Hall–Kier alpha value is -0.220. The average Bonchev–Trinajstić information content (AvgIpc) is 2.54. The van der Waals surface area contributed by atoms with Gasteiger partial charge in [-0.2, -0.15) is 0 Å². The number of amidine groups is 1. The van der Waals surface area contributed by atoms with E-state index in [1.165, 1.54) is 12.8 Å². The van der Waals surface area contributed by atoms with Gasteiger partial charge in [-0.3, -0.25) is 4.99 Å². The minimum atomic E-state index is 0.704. The Kier molecular flexibility index (Phi) is 5.23. The summed E-state index contributed by atoms with van der Waals surface area (Å²) in [7, 11) is 1.71. The standard InChI is InChI=1S/C9H18N2OS/c1-3-4-8-7-11-9(13-8)10-5-6-12-2/h8H,3-7H2,1-2H3,(H,10,11). The molecule has 1 atom stereocenters. The molecule has 0 aromatic heterocycles. The molecule has 0 spiro atoms. The molecule has 0 fully saturated rings. The van der Waals surface area contributed by atoms with Crippen LogP contribution in [0.2, 0.25) is 0 Å². The summed E-state index contributed by atoms with van der Waals surface area (Å²) in [5.41, 5.74) is 0. The van der Waals surface area contributed by atoms with Gasteiger partial charge in [0.1, 0.15) is 0 Å². The summed E-state index contributed by atoms with van der Waals surface area (Å²) in [6, 6.07) is 0. The number of nitrogens with one attached hydrogen (secondary N) is 1. The van der Waals surface area contributed by atoms with E-state index in [4.69, 9.17) is 4.74 Å². The van der Waals surface area contributed by atoms with Gasteiger partial charge in [0, 0.05) is 18.9 Å². The second kappa shape index (κ2) is 6.27. The molecule has 0 bridgehead atoms. The van der Waals surface area contributed by atoms with Crippen LogP contribution in [0.25, 0.3) is 0 Å². The molecule has 0 aromatic carbocycles. The summed E-state index contributed by atoms with van der Waals surface area (Å²) < 4.78 is 4.95. The van der Waals surface area contributed by atoms with Crippen molar-refractivity contribution in [3.63, 3.8) is 0 Å². The lowest BCUT2D eigenvalue weighted by atomic mass is 10.2. The fraction of sp³-hybridized carbons (Fsp3) is 0.889. The topological polar surface area (TPSA) is 33.6 Å². The van der Waals surface area contributed by atoms with Gasteiger partial charge in [-0.25, -0.2) is 0 Å². The minimum absolute atomic E-state index is 0.704. The zero-order valence-electron chi connectivity index (χ0n) is 8.38. The molecule has 1 aliphatic heterocycles. The van der Waals surface area contributed by atoms with Crippen molar-refractivity contribution in [2.75, 3.05) is 26.8 Å². The largest absolute Gasteiger partial charge is 0.383 e. The highest BCUT2D eigenvalue weighted by atomic mass is 32.2. The van der Waals surface area contributed by atoms with E-state index >= 15 is 0 Å². The van der Waals surface area contributed by atoms with E-state index in [9.17, 15) is 0 Å². The third-order valence-corrected chi connectivity index (χ3v) is 3.12. The van der Waals surface area contributed by atoms with Crippen LogP contribution in [0.15, 0.2) is 4.99 Å². The van der Waals surface area contributed by atoms with Gasteiger partial charge in [-0.15, -0.1) is 0 Å². The molecule has 4 heteroatoms. The summed E-state index contributed by atoms with van der Waals surface area (Å²) in [5.74, 6) is 0. The molecule has 0 amide bonds. The fourth-order valence-corrected chi connectivity index (χ4v) is 2.40. The Balaban J connectivity index is 2.09. The molecule has 0 saturated carbocycles. The highest BCUT2D eigenvalue weighted by molar-refractivity contribution is 8.14. The van der Waals surface area contributed by atoms with Gasteiger partial charge in [0.15, 0.2) is 5.17 Å². The van der Waals surface area contributed by atoms with Crippen LogP contribution >= 0.6 is 11.8 Å². The van der Waals surface area contributed by atoms with Crippen molar-refractivity contribution >= 4 is 16.9 Å². The van der Waals surface area contributed by atoms with Crippen LogP contribution in [0.1, 0.15) is 19.8 Å². The Morgan fingerprint density at radius 3 is 3.23 bits per heavy atom. The average molecular weight is 202 g/mol. The van der Waals surface area contributed by atoms with Crippen LogP contribution in [0, 0.1) is 0 Å². The molecule has 76 valence electrons. The highest BCUT2D eigenvalue weighted by Gasteiger charge is 2.17. The SMILES string of the molecule is CCCC1CN=C(NCCOC)S1. The minimum Gasteiger partial charge on any atom is -0.383 e. The molecular formula is C9H18N2OS. The quantitative estimate of drug-likeness (QED) is 0.686. The van der Waals surface area contributed by atoms with Gasteiger partial charge in [0.2, 0.25) is 0 Å². The monoisotopic (exact) mass is 202 g/mol. The van der Waals surface area contributed by atoms with Crippen molar-refractivity contribution in [1.29, 1.82) is 0 Å². The predicted molar refractivity (Wildman–Crippen MR) is 58.5 cm³/mol. The first-order valence-electron chi connectivity index (χ1n) is 4.80. The van der Waals surface area contributed by atoms with E-state index in [2.05, 4.69) is 17.2 Å². The zero-order chi connectivity index (χ0) is 9.52. The normalized spacial score (nSPS) is 21.7. The molecular weight excluding hydrogens is 184 g/mol. The van der Waals surface area contributed by atoms with Crippen molar-refractivity contribution in [3.05, 3.63) is 0 Å². The number of methoxy groups -OCH3 is 1. The van der Waals surface area contributed by atoms with E-state index in [0.29, 0.717) is 5.25 Å². The third kappa shape index (κ3) is 4.00. The molecule has 1 aliphatic rings. The predicted octanol–water partition coefficient (Wildman–Crippen LogP) is 1.49. The second-order valence-corrected chi connectivity index (χ2v) is 4.38. The van der Waals surface area contributed by atoms with Crippen LogP contribution in [0.4, 0.5) is 0 Å². The number of ether oxygens (including phenoxy) is 1. The molecule has 1 rings (SSSR count). The first-order chi connectivity index (χ1) is 6.36. The zero-order valence-corrected chi connectivity index (χ0v) is 9.19. The third-order valence-electron chi connectivity index (χ3n) is 1.91. The van der Waals surface area contributed by atoms with Gasteiger partial charge >= 0.3 is 0 Å². The Morgan fingerprint density at radius 1 is 1.69 bits per heavy atom. The lowest BCUT2D eigenvalue weighted by Gasteiger charge is -2.06.